The Morgan fingerprint density at radius 1 is 0.833 bits per heavy atom. The number of carbonyl (C=O) groups is 1. The highest BCUT2D eigenvalue weighted by Crippen LogP contribution is 2.23. The molecule has 2 nitrogen and oxygen atoms in total. The monoisotopic (exact) mass is 343 g/mol. The van der Waals surface area contributed by atoms with Crippen LogP contribution < -0.4 is 0 Å². The lowest BCUT2D eigenvalue weighted by molar-refractivity contribution is -0.125. The van der Waals surface area contributed by atoms with Gasteiger partial charge in [-0.05, 0) is 24.0 Å². The normalized spacial score (nSPS) is 17.5. The summed E-state index contributed by atoms with van der Waals surface area (Å²) in [6, 6.07) is 21.1. The molecular formula is C21H26ClNO. The summed E-state index contributed by atoms with van der Waals surface area (Å²) < 4.78 is 0. The molecule has 3 heteroatoms. The lowest BCUT2D eigenvalue weighted by atomic mass is 9.87. The minimum atomic E-state index is 0. The van der Waals surface area contributed by atoms with E-state index in [0.29, 0.717) is 5.78 Å². The van der Waals surface area contributed by atoms with Crippen LogP contribution in [0.3, 0.4) is 0 Å². The summed E-state index contributed by atoms with van der Waals surface area (Å²) in [5.74, 6) is 0.679. The molecule has 0 spiro atoms. The molecule has 0 bridgehead atoms. The van der Waals surface area contributed by atoms with Gasteiger partial charge < -0.3 is 0 Å². The number of rotatable bonds is 6. The average Bonchev–Trinajstić information content (AvgIpc) is 2.59. The van der Waals surface area contributed by atoms with Crippen molar-refractivity contribution in [2.75, 3.05) is 6.54 Å². The largest absolute Gasteiger partial charge is 0.299 e. The first kappa shape index (κ1) is 18.7. The molecule has 0 saturated heterocycles. The molecule has 128 valence electrons. The summed E-state index contributed by atoms with van der Waals surface area (Å²) >= 11 is 0. The molecule has 1 saturated carbocycles. The zero-order chi connectivity index (χ0) is 15.9. The second-order valence-electron chi connectivity index (χ2n) is 6.55. The predicted octanol–water partition coefficient (Wildman–Crippen LogP) is 4.87. The third-order valence-corrected chi connectivity index (χ3v) is 4.66. The maximum Gasteiger partial charge on any atom is 0.137 e. The Kier molecular flexibility index (Phi) is 7.48. The van der Waals surface area contributed by atoms with E-state index in [1.165, 1.54) is 17.5 Å². The number of benzene rings is 2. The van der Waals surface area contributed by atoms with Crippen LogP contribution in [0.25, 0.3) is 0 Å². The molecule has 1 aliphatic carbocycles. The summed E-state index contributed by atoms with van der Waals surface area (Å²) in [7, 11) is 0. The zero-order valence-electron chi connectivity index (χ0n) is 14.1. The number of hydrogen-bond acceptors (Lipinski definition) is 2. The Balaban J connectivity index is 0.00000208. The topological polar surface area (TPSA) is 20.3 Å². The van der Waals surface area contributed by atoms with E-state index in [1.54, 1.807) is 0 Å². The lowest BCUT2D eigenvalue weighted by Crippen LogP contribution is -2.34. The van der Waals surface area contributed by atoms with E-state index >= 15 is 0 Å². The Bertz CT molecular complexity index is 573. The van der Waals surface area contributed by atoms with Crippen molar-refractivity contribution in [2.24, 2.45) is 5.92 Å². The molecule has 0 aliphatic heterocycles. The molecule has 1 aliphatic rings. The Morgan fingerprint density at radius 3 is 1.88 bits per heavy atom. The molecule has 2 aromatic rings. The fourth-order valence-corrected chi connectivity index (χ4v) is 3.43. The van der Waals surface area contributed by atoms with Crippen LogP contribution in [-0.4, -0.2) is 17.2 Å². The van der Waals surface area contributed by atoms with Gasteiger partial charge >= 0.3 is 0 Å². The molecule has 1 atom stereocenters. The quantitative estimate of drug-likeness (QED) is 0.745. The van der Waals surface area contributed by atoms with Crippen molar-refractivity contribution in [3.8, 4) is 0 Å². The molecule has 0 amide bonds. The second-order valence-corrected chi connectivity index (χ2v) is 6.55. The minimum absolute atomic E-state index is 0. The van der Waals surface area contributed by atoms with Gasteiger partial charge in [0.05, 0.1) is 0 Å². The molecule has 2 aromatic carbocycles. The molecule has 0 N–H and O–H groups in total. The number of nitrogens with zero attached hydrogens (tertiary/aromatic N) is 1. The SMILES string of the molecule is Cl.O=C1CCCCC1CN(Cc1ccccc1)Cc1ccccc1. The van der Waals surface area contributed by atoms with Crippen LogP contribution in [0.15, 0.2) is 60.7 Å². The lowest BCUT2D eigenvalue weighted by Gasteiger charge is -2.29. The highest BCUT2D eigenvalue weighted by Gasteiger charge is 2.24. The van der Waals surface area contributed by atoms with Crippen molar-refractivity contribution in [1.29, 1.82) is 0 Å². The van der Waals surface area contributed by atoms with Gasteiger partial charge in [0.25, 0.3) is 0 Å². The standard InChI is InChI=1S/C21H25NO.ClH/c23-21-14-8-7-13-20(21)17-22(15-18-9-3-1-4-10-18)16-19-11-5-2-6-12-19;/h1-6,9-12,20H,7-8,13-17H2;1H. The number of halogens is 1. The molecule has 24 heavy (non-hydrogen) atoms. The second kappa shape index (κ2) is 9.61. The van der Waals surface area contributed by atoms with Crippen molar-refractivity contribution in [3.05, 3.63) is 71.8 Å². The van der Waals surface area contributed by atoms with Gasteiger partial charge in [0, 0.05) is 32.0 Å². The summed E-state index contributed by atoms with van der Waals surface area (Å²) in [6.07, 6.45) is 4.10. The molecule has 0 radical (unpaired) electrons. The molecule has 1 fully saturated rings. The maximum atomic E-state index is 12.2. The van der Waals surface area contributed by atoms with E-state index in [0.717, 1.165) is 38.9 Å². The highest BCUT2D eigenvalue weighted by molar-refractivity contribution is 5.85. The molecule has 1 unspecified atom stereocenters. The van der Waals surface area contributed by atoms with Crippen LogP contribution in [0.2, 0.25) is 0 Å². The molecular weight excluding hydrogens is 318 g/mol. The van der Waals surface area contributed by atoms with Crippen LogP contribution in [0.1, 0.15) is 36.8 Å². The van der Waals surface area contributed by atoms with Gasteiger partial charge in [-0.25, -0.2) is 0 Å². The van der Waals surface area contributed by atoms with Crippen LogP contribution in [0.5, 0.6) is 0 Å². The summed E-state index contributed by atoms with van der Waals surface area (Å²) in [5, 5.41) is 0. The van der Waals surface area contributed by atoms with Crippen molar-refractivity contribution < 1.29 is 4.79 Å². The fraction of sp³-hybridized carbons (Fsp3) is 0.381. The third-order valence-electron chi connectivity index (χ3n) is 4.66. The smallest absolute Gasteiger partial charge is 0.137 e. The highest BCUT2D eigenvalue weighted by atomic mass is 35.5. The Hall–Kier alpha value is -1.64. The number of hydrogen-bond donors (Lipinski definition) is 0. The first-order chi connectivity index (χ1) is 11.3. The van der Waals surface area contributed by atoms with E-state index in [2.05, 4.69) is 65.6 Å². The summed E-state index contributed by atoms with van der Waals surface area (Å²) in [5.41, 5.74) is 2.62. The van der Waals surface area contributed by atoms with Crippen molar-refractivity contribution in [3.63, 3.8) is 0 Å². The maximum absolute atomic E-state index is 12.2. The first-order valence-corrected chi connectivity index (χ1v) is 8.64. The van der Waals surface area contributed by atoms with Crippen molar-refractivity contribution in [1.82, 2.24) is 4.90 Å². The summed E-state index contributed by atoms with van der Waals surface area (Å²) in [4.78, 5) is 14.6. The Labute approximate surface area is 151 Å². The zero-order valence-corrected chi connectivity index (χ0v) is 14.9. The number of Topliss-reactive ketones (excluding diaryl/α,β-unsaturated/α-hetero) is 1. The minimum Gasteiger partial charge on any atom is -0.299 e. The van der Waals surface area contributed by atoms with Gasteiger partial charge in [0.2, 0.25) is 0 Å². The van der Waals surface area contributed by atoms with E-state index in [-0.39, 0.29) is 18.3 Å². The van der Waals surface area contributed by atoms with E-state index in [4.69, 9.17) is 0 Å². The van der Waals surface area contributed by atoms with Crippen LogP contribution in [0.4, 0.5) is 0 Å². The van der Waals surface area contributed by atoms with Crippen LogP contribution >= 0.6 is 12.4 Å². The van der Waals surface area contributed by atoms with Gasteiger partial charge in [-0.3, -0.25) is 9.69 Å². The van der Waals surface area contributed by atoms with Gasteiger partial charge in [0.1, 0.15) is 5.78 Å². The third kappa shape index (κ3) is 5.47. The number of ketones is 1. The van der Waals surface area contributed by atoms with E-state index in [1.807, 2.05) is 0 Å². The van der Waals surface area contributed by atoms with E-state index < -0.39 is 0 Å². The number of carbonyl (C=O) groups excluding carboxylic acids is 1. The van der Waals surface area contributed by atoms with Gasteiger partial charge in [-0.1, -0.05) is 67.1 Å². The molecule has 0 heterocycles. The van der Waals surface area contributed by atoms with Crippen LogP contribution in [0, 0.1) is 5.92 Å². The average molecular weight is 344 g/mol. The Morgan fingerprint density at radius 2 is 1.38 bits per heavy atom. The summed E-state index contributed by atoms with van der Waals surface area (Å²) in [6.45, 7) is 2.68. The van der Waals surface area contributed by atoms with Gasteiger partial charge in [-0.2, -0.15) is 0 Å². The van der Waals surface area contributed by atoms with Crippen molar-refractivity contribution >= 4 is 18.2 Å². The predicted molar refractivity (Wildman–Crippen MR) is 101 cm³/mol. The molecule has 0 aromatic heterocycles. The van der Waals surface area contributed by atoms with E-state index in [9.17, 15) is 4.79 Å². The van der Waals surface area contributed by atoms with Gasteiger partial charge in [-0.15, -0.1) is 12.4 Å². The van der Waals surface area contributed by atoms with Gasteiger partial charge in [0.15, 0.2) is 0 Å². The first-order valence-electron chi connectivity index (χ1n) is 8.64. The molecule has 3 rings (SSSR count). The fourth-order valence-electron chi connectivity index (χ4n) is 3.43. The van der Waals surface area contributed by atoms with Crippen LogP contribution in [-0.2, 0) is 17.9 Å². The van der Waals surface area contributed by atoms with Crippen molar-refractivity contribution in [2.45, 2.75) is 38.8 Å².